The number of hydrogen-bond acceptors (Lipinski definition) is 5. The minimum Gasteiger partial charge on any atom is -0.480 e. The van der Waals surface area contributed by atoms with Crippen LogP contribution in [0.25, 0.3) is 0 Å². The number of rotatable bonds is 4. The predicted molar refractivity (Wildman–Crippen MR) is 65.3 cm³/mol. The quantitative estimate of drug-likeness (QED) is 0.796. The molecule has 1 aliphatic carbocycles. The lowest BCUT2D eigenvalue weighted by atomic mass is 9.75. The molecular formula is C13H15NO5. The van der Waals surface area contributed by atoms with Gasteiger partial charge in [-0.15, -0.1) is 0 Å². The van der Waals surface area contributed by atoms with Crippen LogP contribution in [-0.4, -0.2) is 28.9 Å². The number of carbonyl (C=O) groups excluding carboxylic acids is 1. The summed E-state index contributed by atoms with van der Waals surface area (Å²) < 4.78 is 9.86. The summed E-state index contributed by atoms with van der Waals surface area (Å²) in [5.41, 5.74) is 5.13. The van der Waals surface area contributed by atoms with Crippen molar-refractivity contribution in [2.45, 2.75) is 31.1 Å². The molecule has 1 aliphatic rings. The molecule has 0 aromatic heterocycles. The molecule has 0 atom stereocenters. The third kappa shape index (κ3) is 3.23. The maximum atomic E-state index is 11.4. The SMILES string of the molecule is NC1(C(=O)O)CC(OC(=O)OCc2ccccc2)C1. The highest BCUT2D eigenvalue weighted by atomic mass is 16.7. The van der Waals surface area contributed by atoms with Crippen LogP contribution in [0.4, 0.5) is 4.79 Å². The van der Waals surface area contributed by atoms with Crippen LogP contribution in [0.15, 0.2) is 30.3 Å². The third-order valence-electron chi connectivity index (χ3n) is 3.07. The Morgan fingerprint density at radius 2 is 1.95 bits per heavy atom. The number of aliphatic carboxylic acids is 1. The van der Waals surface area contributed by atoms with Gasteiger partial charge in [0.05, 0.1) is 0 Å². The van der Waals surface area contributed by atoms with Gasteiger partial charge in [-0.05, 0) is 5.56 Å². The number of ether oxygens (including phenoxy) is 2. The Kier molecular flexibility index (Phi) is 3.71. The summed E-state index contributed by atoms with van der Waals surface area (Å²) >= 11 is 0. The first-order valence-corrected chi connectivity index (χ1v) is 5.89. The van der Waals surface area contributed by atoms with Gasteiger partial charge in [0.15, 0.2) is 0 Å². The maximum absolute atomic E-state index is 11.4. The highest BCUT2D eigenvalue weighted by molar-refractivity contribution is 5.80. The van der Waals surface area contributed by atoms with E-state index in [9.17, 15) is 9.59 Å². The largest absolute Gasteiger partial charge is 0.508 e. The van der Waals surface area contributed by atoms with Gasteiger partial charge >= 0.3 is 12.1 Å². The van der Waals surface area contributed by atoms with Crippen molar-refractivity contribution in [3.8, 4) is 0 Å². The topological polar surface area (TPSA) is 98.9 Å². The van der Waals surface area contributed by atoms with Crippen LogP contribution >= 0.6 is 0 Å². The van der Waals surface area contributed by atoms with Gasteiger partial charge in [0.1, 0.15) is 18.2 Å². The molecule has 1 saturated carbocycles. The van der Waals surface area contributed by atoms with Gasteiger partial charge in [0.25, 0.3) is 0 Å². The van der Waals surface area contributed by atoms with Crippen molar-refractivity contribution >= 4 is 12.1 Å². The second-order valence-corrected chi connectivity index (χ2v) is 4.63. The molecule has 19 heavy (non-hydrogen) atoms. The summed E-state index contributed by atoms with van der Waals surface area (Å²) in [6, 6.07) is 9.19. The maximum Gasteiger partial charge on any atom is 0.508 e. The van der Waals surface area contributed by atoms with Gasteiger partial charge in [-0.1, -0.05) is 30.3 Å². The molecule has 102 valence electrons. The summed E-state index contributed by atoms with van der Waals surface area (Å²) in [6.45, 7) is 0.124. The number of benzene rings is 1. The first-order valence-electron chi connectivity index (χ1n) is 5.89. The van der Waals surface area contributed by atoms with E-state index in [1.54, 1.807) is 0 Å². The average molecular weight is 265 g/mol. The Morgan fingerprint density at radius 3 is 2.53 bits per heavy atom. The molecule has 0 aliphatic heterocycles. The zero-order valence-electron chi connectivity index (χ0n) is 10.2. The van der Waals surface area contributed by atoms with Crippen molar-refractivity contribution in [1.82, 2.24) is 0 Å². The minimum atomic E-state index is -1.27. The van der Waals surface area contributed by atoms with Crippen LogP contribution in [0.3, 0.4) is 0 Å². The van der Waals surface area contributed by atoms with E-state index >= 15 is 0 Å². The normalized spacial score (nSPS) is 25.2. The molecule has 1 fully saturated rings. The number of carboxylic acid groups (broad SMARTS) is 1. The number of carbonyl (C=O) groups is 2. The average Bonchev–Trinajstić information content (AvgIpc) is 2.35. The van der Waals surface area contributed by atoms with Gasteiger partial charge in [-0.3, -0.25) is 4.79 Å². The summed E-state index contributed by atoms with van der Waals surface area (Å²) in [7, 11) is 0. The highest BCUT2D eigenvalue weighted by Crippen LogP contribution is 2.32. The fraction of sp³-hybridized carbons (Fsp3) is 0.385. The van der Waals surface area contributed by atoms with Crippen molar-refractivity contribution < 1.29 is 24.2 Å². The van der Waals surface area contributed by atoms with E-state index in [-0.39, 0.29) is 19.4 Å². The summed E-state index contributed by atoms with van der Waals surface area (Å²) in [6.07, 6.45) is -1.06. The first-order chi connectivity index (χ1) is 8.99. The molecule has 6 heteroatoms. The van der Waals surface area contributed by atoms with Crippen LogP contribution in [0.5, 0.6) is 0 Å². The minimum absolute atomic E-state index is 0.114. The van der Waals surface area contributed by atoms with E-state index < -0.39 is 23.8 Å². The molecule has 0 heterocycles. The summed E-state index contributed by atoms with van der Waals surface area (Å²) in [5, 5.41) is 8.80. The second-order valence-electron chi connectivity index (χ2n) is 4.63. The van der Waals surface area contributed by atoms with Crippen molar-refractivity contribution in [3.05, 3.63) is 35.9 Å². The molecule has 1 aromatic rings. The van der Waals surface area contributed by atoms with Gasteiger partial charge in [0.2, 0.25) is 0 Å². The zero-order valence-corrected chi connectivity index (χ0v) is 10.2. The molecule has 0 radical (unpaired) electrons. The smallest absolute Gasteiger partial charge is 0.480 e. The van der Waals surface area contributed by atoms with Crippen LogP contribution in [-0.2, 0) is 20.9 Å². The van der Waals surface area contributed by atoms with E-state index in [2.05, 4.69) is 0 Å². The highest BCUT2D eigenvalue weighted by Gasteiger charge is 2.49. The Bertz CT molecular complexity index is 467. The molecule has 0 spiro atoms. The van der Waals surface area contributed by atoms with Crippen molar-refractivity contribution in [2.24, 2.45) is 5.73 Å². The molecular weight excluding hydrogens is 250 g/mol. The van der Waals surface area contributed by atoms with Crippen LogP contribution in [0.2, 0.25) is 0 Å². The van der Waals surface area contributed by atoms with E-state index in [1.165, 1.54) is 0 Å². The Hall–Kier alpha value is -2.08. The van der Waals surface area contributed by atoms with Crippen molar-refractivity contribution in [3.63, 3.8) is 0 Å². The first kappa shape index (κ1) is 13.4. The van der Waals surface area contributed by atoms with Crippen LogP contribution in [0.1, 0.15) is 18.4 Å². The standard InChI is InChI=1S/C13H15NO5/c14-13(11(15)16)6-10(7-13)19-12(17)18-8-9-4-2-1-3-5-9/h1-5,10H,6-8,14H2,(H,15,16). The van der Waals surface area contributed by atoms with Gasteiger partial charge in [-0.2, -0.15) is 0 Å². The molecule has 3 N–H and O–H groups in total. The van der Waals surface area contributed by atoms with E-state index in [1.807, 2.05) is 30.3 Å². The van der Waals surface area contributed by atoms with Crippen LogP contribution in [0, 0.1) is 0 Å². The van der Waals surface area contributed by atoms with E-state index in [0.717, 1.165) is 5.56 Å². The van der Waals surface area contributed by atoms with Gasteiger partial charge in [0, 0.05) is 12.8 Å². The lowest BCUT2D eigenvalue weighted by Gasteiger charge is -2.39. The lowest BCUT2D eigenvalue weighted by Crippen LogP contribution is -2.61. The summed E-state index contributed by atoms with van der Waals surface area (Å²) in [5.74, 6) is -1.08. The Labute approximate surface area is 110 Å². The zero-order chi connectivity index (χ0) is 13.9. The lowest BCUT2D eigenvalue weighted by molar-refractivity contribution is -0.152. The van der Waals surface area contributed by atoms with Crippen LogP contribution < -0.4 is 5.73 Å². The molecule has 0 saturated heterocycles. The molecule has 6 nitrogen and oxygen atoms in total. The van der Waals surface area contributed by atoms with Gasteiger partial charge in [-0.25, -0.2) is 4.79 Å². The van der Waals surface area contributed by atoms with Gasteiger partial charge < -0.3 is 20.3 Å². The molecule has 0 bridgehead atoms. The second kappa shape index (κ2) is 5.27. The fourth-order valence-electron chi connectivity index (χ4n) is 1.90. The number of carboxylic acids is 1. The third-order valence-corrected chi connectivity index (χ3v) is 3.07. The number of hydrogen-bond donors (Lipinski definition) is 2. The van der Waals surface area contributed by atoms with E-state index in [4.69, 9.17) is 20.3 Å². The predicted octanol–water partition coefficient (Wildman–Crippen LogP) is 1.28. The fourth-order valence-corrected chi connectivity index (χ4v) is 1.90. The molecule has 0 unspecified atom stereocenters. The number of nitrogens with two attached hydrogens (primary N) is 1. The molecule has 2 rings (SSSR count). The van der Waals surface area contributed by atoms with Crippen molar-refractivity contribution in [1.29, 1.82) is 0 Å². The van der Waals surface area contributed by atoms with Crippen molar-refractivity contribution in [2.75, 3.05) is 0 Å². The summed E-state index contributed by atoms with van der Waals surface area (Å²) in [4.78, 5) is 22.1. The molecule has 0 amide bonds. The molecule has 1 aromatic carbocycles. The Morgan fingerprint density at radius 1 is 1.32 bits per heavy atom. The van der Waals surface area contributed by atoms with E-state index in [0.29, 0.717) is 0 Å². The Balaban J connectivity index is 1.71. The monoisotopic (exact) mass is 265 g/mol.